The van der Waals surface area contributed by atoms with Gasteiger partial charge in [0.25, 0.3) is 0 Å². The molecule has 0 amide bonds. The predicted octanol–water partition coefficient (Wildman–Crippen LogP) is 2.57. The molecule has 1 rings (SSSR count). The van der Waals surface area contributed by atoms with Gasteiger partial charge >= 0.3 is 0 Å². The average Bonchev–Trinajstić information content (AvgIpc) is 1.92. The van der Waals surface area contributed by atoms with Gasteiger partial charge in [-0.3, -0.25) is 0 Å². The Morgan fingerprint density at radius 2 is 2.00 bits per heavy atom. The van der Waals surface area contributed by atoms with Crippen LogP contribution in [0.4, 0.5) is 4.39 Å². The molecule has 0 saturated carbocycles. The first kappa shape index (κ1) is 9.39. The number of halogens is 2. The smallest absolute Gasteiger partial charge is 0.163 e. The summed E-state index contributed by atoms with van der Waals surface area (Å²) in [4.78, 5) is 0. The quantitative estimate of drug-likeness (QED) is 0.626. The summed E-state index contributed by atoms with van der Waals surface area (Å²) in [5.74, 6) is -0.517. The maximum absolute atomic E-state index is 12.9. The van der Waals surface area contributed by atoms with Crippen molar-refractivity contribution in [3.8, 4) is 0 Å². The van der Waals surface area contributed by atoms with E-state index in [0.29, 0.717) is 5.69 Å². The molecule has 0 bridgehead atoms. The van der Waals surface area contributed by atoms with E-state index in [0.717, 1.165) is 6.20 Å². The highest BCUT2D eigenvalue weighted by Gasteiger charge is 2.21. The molecular formula is C8H10ClFN2. The van der Waals surface area contributed by atoms with Gasteiger partial charge < -0.3 is 0 Å². The maximum Gasteiger partial charge on any atom is 0.163 e. The molecule has 0 aliphatic heterocycles. The molecule has 0 aliphatic carbocycles. The van der Waals surface area contributed by atoms with E-state index in [1.165, 1.54) is 0 Å². The second-order valence-corrected chi connectivity index (χ2v) is 3.98. The number of rotatable bonds is 0. The van der Waals surface area contributed by atoms with Gasteiger partial charge in [-0.15, -0.1) is 0 Å². The highest BCUT2D eigenvalue weighted by molar-refractivity contribution is 6.31. The molecule has 1 heterocycles. The minimum absolute atomic E-state index is 0.0671. The molecule has 0 atom stereocenters. The number of aromatic nitrogens is 2. The third-order valence-corrected chi connectivity index (χ3v) is 1.82. The van der Waals surface area contributed by atoms with Crippen molar-refractivity contribution in [3.63, 3.8) is 0 Å². The summed E-state index contributed by atoms with van der Waals surface area (Å²) in [6.45, 7) is 5.72. The summed E-state index contributed by atoms with van der Waals surface area (Å²) >= 11 is 5.70. The van der Waals surface area contributed by atoms with Gasteiger partial charge in [-0.05, 0) is 0 Å². The number of hydrogen-bond donors (Lipinski definition) is 0. The molecule has 0 unspecified atom stereocenters. The van der Waals surface area contributed by atoms with E-state index >= 15 is 0 Å². The van der Waals surface area contributed by atoms with E-state index in [1.54, 1.807) is 0 Å². The van der Waals surface area contributed by atoms with Crippen LogP contribution >= 0.6 is 11.6 Å². The van der Waals surface area contributed by atoms with Crippen molar-refractivity contribution in [2.45, 2.75) is 26.2 Å². The van der Waals surface area contributed by atoms with E-state index < -0.39 is 5.82 Å². The van der Waals surface area contributed by atoms with Crippen LogP contribution in [0.2, 0.25) is 5.02 Å². The minimum atomic E-state index is -0.517. The summed E-state index contributed by atoms with van der Waals surface area (Å²) in [5, 5.41) is 7.36. The highest BCUT2D eigenvalue weighted by atomic mass is 35.5. The molecule has 1 aromatic rings. The Bertz CT molecular complexity index is 294. The normalized spacial score (nSPS) is 11.8. The van der Waals surface area contributed by atoms with Crippen LogP contribution in [-0.2, 0) is 5.41 Å². The van der Waals surface area contributed by atoms with Gasteiger partial charge in [-0.1, -0.05) is 32.4 Å². The van der Waals surface area contributed by atoms with E-state index in [-0.39, 0.29) is 10.4 Å². The molecule has 0 aromatic carbocycles. The van der Waals surface area contributed by atoms with E-state index in [1.807, 2.05) is 20.8 Å². The minimum Gasteiger partial charge on any atom is -0.203 e. The summed E-state index contributed by atoms with van der Waals surface area (Å²) < 4.78 is 12.9. The van der Waals surface area contributed by atoms with Crippen LogP contribution in [-0.4, -0.2) is 10.2 Å². The third kappa shape index (κ3) is 1.72. The SMILES string of the molecule is CC(C)(C)c1nncc(F)c1Cl. The maximum atomic E-state index is 12.9. The van der Waals surface area contributed by atoms with Crippen LogP contribution in [0.3, 0.4) is 0 Å². The Morgan fingerprint density at radius 1 is 1.42 bits per heavy atom. The van der Waals surface area contributed by atoms with Gasteiger partial charge in [0.15, 0.2) is 5.82 Å². The largest absolute Gasteiger partial charge is 0.203 e. The average molecular weight is 189 g/mol. The molecule has 1 aromatic heterocycles. The van der Waals surface area contributed by atoms with Crippen LogP contribution in [0.15, 0.2) is 6.20 Å². The lowest BCUT2D eigenvalue weighted by Gasteiger charge is -2.17. The fourth-order valence-electron chi connectivity index (χ4n) is 0.830. The first-order chi connectivity index (χ1) is 5.43. The van der Waals surface area contributed by atoms with Crippen molar-refractivity contribution >= 4 is 11.6 Å². The van der Waals surface area contributed by atoms with Crippen LogP contribution in [0, 0.1) is 5.82 Å². The van der Waals surface area contributed by atoms with E-state index in [4.69, 9.17) is 11.6 Å². The summed E-state index contributed by atoms with van der Waals surface area (Å²) in [6, 6.07) is 0. The van der Waals surface area contributed by atoms with Gasteiger partial charge in [0, 0.05) is 5.41 Å². The highest BCUT2D eigenvalue weighted by Crippen LogP contribution is 2.27. The summed E-state index contributed by atoms with van der Waals surface area (Å²) in [7, 11) is 0. The zero-order chi connectivity index (χ0) is 9.35. The fraction of sp³-hybridized carbons (Fsp3) is 0.500. The zero-order valence-corrected chi connectivity index (χ0v) is 7.98. The zero-order valence-electron chi connectivity index (χ0n) is 7.23. The lowest BCUT2D eigenvalue weighted by atomic mass is 9.92. The van der Waals surface area contributed by atoms with Gasteiger partial charge in [0.2, 0.25) is 0 Å². The standard InChI is InChI=1S/C8H10ClFN2/c1-8(2,3)7-6(9)5(10)4-11-12-7/h4H,1-3H3. The molecule has 66 valence electrons. The first-order valence-electron chi connectivity index (χ1n) is 3.60. The molecule has 0 saturated heterocycles. The molecular weight excluding hydrogens is 179 g/mol. The van der Waals surface area contributed by atoms with Crippen molar-refractivity contribution in [2.75, 3.05) is 0 Å². The van der Waals surface area contributed by atoms with Crippen molar-refractivity contribution in [1.29, 1.82) is 0 Å². The van der Waals surface area contributed by atoms with Crippen molar-refractivity contribution < 1.29 is 4.39 Å². The van der Waals surface area contributed by atoms with E-state index in [2.05, 4.69) is 10.2 Å². The Hall–Kier alpha value is -0.700. The Labute approximate surface area is 75.8 Å². The first-order valence-corrected chi connectivity index (χ1v) is 3.98. The van der Waals surface area contributed by atoms with Crippen molar-refractivity contribution in [2.24, 2.45) is 0 Å². The molecule has 0 spiro atoms. The molecule has 0 radical (unpaired) electrons. The fourth-order valence-corrected chi connectivity index (χ4v) is 1.20. The summed E-state index contributed by atoms with van der Waals surface area (Å²) in [5.41, 5.74) is 0.218. The van der Waals surface area contributed by atoms with Gasteiger partial charge in [0.1, 0.15) is 5.02 Å². The lowest BCUT2D eigenvalue weighted by Crippen LogP contribution is -2.15. The van der Waals surface area contributed by atoms with Crippen molar-refractivity contribution in [1.82, 2.24) is 10.2 Å². The Morgan fingerprint density at radius 3 is 2.42 bits per heavy atom. The topological polar surface area (TPSA) is 25.8 Å². The molecule has 2 nitrogen and oxygen atoms in total. The molecule has 4 heteroatoms. The monoisotopic (exact) mass is 188 g/mol. The van der Waals surface area contributed by atoms with Gasteiger partial charge in [-0.2, -0.15) is 10.2 Å². The number of hydrogen-bond acceptors (Lipinski definition) is 2. The van der Waals surface area contributed by atoms with Crippen LogP contribution < -0.4 is 0 Å². The van der Waals surface area contributed by atoms with E-state index in [9.17, 15) is 4.39 Å². The Kier molecular flexibility index (Phi) is 2.33. The van der Waals surface area contributed by atoms with Gasteiger partial charge in [-0.25, -0.2) is 4.39 Å². The summed E-state index contributed by atoms with van der Waals surface area (Å²) in [6.07, 6.45) is 1.01. The second-order valence-electron chi connectivity index (χ2n) is 3.61. The van der Waals surface area contributed by atoms with Crippen LogP contribution in [0.25, 0.3) is 0 Å². The third-order valence-electron chi connectivity index (χ3n) is 1.46. The Balaban J connectivity index is 3.26. The second kappa shape index (κ2) is 2.98. The van der Waals surface area contributed by atoms with Crippen molar-refractivity contribution in [3.05, 3.63) is 22.7 Å². The van der Waals surface area contributed by atoms with Gasteiger partial charge in [0.05, 0.1) is 11.9 Å². The van der Waals surface area contributed by atoms with Crippen LogP contribution in [0.5, 0.6) is 0 Å². The molecule has 0 N–H and O–H groups in total. The van der Waals surface area contributed by atoms with Crippen LogP contribution in [0.1, 0.15) is 26.5 Å². The predicted molar refractivity (Wildman–Crippen MR) is 45.7 cm³/mol. The molecule has 12 heavy (non-hydrogen) atoms. The molecule has 0 aliphatic rings. The molecule has 0 fully saturated rings. The lowest BCUT2D eigenvalue weighted by molar-refractivity contribution is 0.537. The number of nitrogens with zero attached hydrogens (tertiary/aromatic N) is 2.